The molecule has 0 spiro atoms. The second-order valence-electron chi connectivity index (χ2n) is 1.16. The number of H-pyrrole nitrogens is 1. The maximum absolute atomic E-state index is 9.99. The van der Waals surface area contributed by atoms with Crippen molar-refractivity contribution in [3.05, 3.63) is 12.3 Å². The minimum Gasteiger partial charge on any atom is -0.767 e. The van der Waals surface area contributed by atoms with Crippen molar-refractivity contribution < 1.29 is 27.6 Å². The molecule has 6 heteroatoms. The Kier molecular flexibility index (Phi) is 3.82. The van der Waals surface area contributed by atoms with Crippen LogP contribution in [0.3, 0.4) is 0 Å². The van der Waals surface area contributed by atoms with Gasteiger partial charge >= 0.3 is 18.9 Å². The fourth-order valence-electron chi connectivity index (χ4n) is 0.336. The van der Waals surface area contributed by atoms with E-state index in [4.69, 9.17) is 0 Å². The average Bonchev–Trinajstić information content (AvgIpc) is 2.12. The summed E-state index contributed by atoms with van der Waals surface area (Å²) in [5.41, 5.74) is 0. The Hall–Kier alpha value is -0.0826. The van der Waals surface area contributed by atoms with Crippen LogP contribution in [0.1, 0.15) is 0 Å². The molecule has 0 saturated heterocycles. The van der Waals surface area contributed by atoms with Gasteiger partial charge in [-0.25, -0.2) is 0 Å². The molecule has 0 aliphatic carbocycles. The Bertz CT molecular complexity index is 188. The summed E-state index contributed by atoms with van der Waals surface area (Å²) in [6.07, 6.45) is 1.38. The van der Waals surface area contributed by atoms with Crippen LogP contribution < -0.4 is 18.9 Å². The van der Waals surface area contributed by atoms with Crippen molar-refractivity contribution in [2.75, 3.05) is 0 Å². The predicted octanol–water partition coefficient (Wildman–Crippen LogP) is -3.35. The maximum Gasteiger partial charge on any atom is 1.00 e. The SMILES string of the molecule is O=S([O-])c1ccn[nH]1.[Li+]. The number of hydrogen-bond donors (Lipinski definition) is 1. The van der Waals surface area contributed by atoms with E-state index in [1.165, 1.54) is 12.3 Å². The number of nitrogens with zero attached hydrogens (tertiary/aromatic N) is 1. The molecule has 1 aromatic heterocycles. The van der Waals surface area contributed by atoms with Crippen molar-refractivity contribution in [2.45, 2.75) is 5.03 Å². The summed E-state index contributed by atoms with van der Waals surface area (Å²) in [5.74, 6) is 0. The molecule has 1 rings (SSSR count). The van der Waals surface area contributed by atoms with Crippen molar-refractivity contribution in [2.24, 2.45) is 0 Å². The first kappa shape index (κ1) is 8.92. The topological polar surface area (TPSA) is 68.8 Å². The third-order valence-electron chi connectivity index (χ3n) is 0.655. The number of aromatic amines is 1. The van der Waals surface area contributed by atoms with E-state index < -0.39 is 11.1 Å². The summed E-state index contributed by atoms with van der Waals surface area (Å²) in [7, 11) is 0. The van der Waals surface area contributed by atoms with E-state index in [2.05, 4.69) is 10.2 Å². The van der Waals surface area contributed by atoms with E-state index in [0.717, 1.165) is 0 Å². The van der Waals surface area contributed by atoms with Gasteiger partial charge in [-0.05, 0) is 17.1 Å². The van der Waals surface area contributed by atoms with E-state index in [1.807, 2.05) is 0 Å². The van der Waals surface area contributed by atoms with Crippen LogP contribution in [0.25, 0.3) is 0 Å². The number of nitrogens with one attached hydrogen (secondary N) is 1. The Morgan fingerprint density at radius 1 is 1.78 bits per heavy atom. The largest absolute Gasteiger partial charge is 1.00 e. The van der Waals surface area contributed by atoms with E-state index in [1.54, 1.807) is 0 Å². The van der Waals surface area contributed by atoms with Gasteiger partial charge in [-0.1, -0.05) is 0 Å². The van der Waals surface area contributed by atoms with Gasteiger partial charge in [0, 0.05) is 6.20 Å². The van der Waals surface area contributed by atoms with Gasteiger partial charge in [0.25, 0.3) is 0 Å². The van der Waals surface area contributed by atoms with Gasteiger partial charge in [0.05, 0.1) is 0 Å². The first-order chi connectivity index (χ1) is 3.80. The van der Waals surface area contributed by atoms with Crippen molar-refractivity contribution in [3.8, 4) is 0 Å². The molecule has 0 fully saturated rings. The molecule has 0 saturated carbocycles. The molecule has 1 atom stereocenters. The van der Waals surface area contributed by atoms with Crippen LogP contribution in [0.15, 0.2) is 17.3 Å². The molecule has 1 unspecified atom stereocenters. The molecule has 1 N–H and O–H groups in total. The quantitative estimate of drug-likeness (QED) is 0.325. The van der Waals surface area contributed by atoms with E-state index >= 15 is 0 Å². The summed E-state index contributed by atoms with van der Waals surface area (Å²) in [6.45, 7) is 0. The molecule has 4 nitrogen and oxygen atoms in total. The smallest absolute Gasteiger partial charge is 0.767 e. The molecule has 0 bridgehead atoms. The van der Waals surface area contributed by atoms with Gasteiger partial charge in [-0.3, -0.25) is 9.31 Å². The summed E-state index contributed by atoms with van der Waals surface area (Å²) in [4.78, 5) is 0. The average molecular weight is 138 g/mol. The molecule has 44 valence electrons. The molecule has 1 aromatic rings. The van der Waals surface area contributed by atoms with E-state index in [-0.39, 0.29) is 23.9 Å². The van der Waals surface area contributed by atoms with Crippen LogP contribution in [-0.4, -0.2) is 19.0 Å². The molecule has 9 heavy (non-hydrogen) atoms. The predicted molar refractivity (Wildman–Crippen MR) is 25.8 cm³/mol. The normalized spacial score (nSPS) is 12.1. The third kappa shape index (κ3) is 2.33. The van der Waals surface area contributed by atoms with Gasteiger partial charge in [0.2, 0.25) is 0 Å². The minimum atomic E-state index is -2.17. The van der Waals surface area contributed by atoms with Crippen LogP contribution >= 0.6 is 0 Å². The maximum atomic E-state index is 9.99. The summed E-state index contributed by atoms with van der Waals surface area (Å²) >= 11 is -2.17. The Balaban J connectivity index is 0.000000640. The summed E-state index contributed by atoms with van der Waals surface area (Å²) < 4.78 is 20.0. The van der Waals surface area contributed by atoms with Crippen LogP contribution in [0, 0.1) is 0 Å². The van der Waals surface area contributed by atoms with Gasteiger partial charge in [-0.2, -0.15) is 5.10 Å². The Morgan fingerprint density at radius 3 is 2.67 bits per heavy atom. The second kappa shape index (κ2) is 3.85. The van der Waals surface area contributed by atoms with Crippen molar-refractivity contribution in [3.63, 3.8) is 0 Å². The molecular formula is C3H3LiN2O2S. The van der Waals surface area contributed by atoms with Crippen LogP contribution in [0.4, 0.5) is 0 Å². The van der Waals surface area contributed by atoms with Crippen LogP contribution in [-0.2, 0) is 11.1 Å². The molecular weight excluding hydrogens is 135 g/mol. The molecule has 0 aliphatic heterocycles. The third-order valence-corrected chi connectivity index (χ3v) is 1.24. The van der Waals surface area contributed by atoms with Gasteiger partial charge in [-0.15, -0.1) is 0 Å². The van der Waals surface area contributed by atoms with Crippen molar-refractivity contribution >= 4 is 11.1 Å². The summed E-state index contributed by atoms with van der Waals surface area (Å²) in [6, 6.07) is 1.38. The van der Waals surface area contributed by atoms with Crippen molar-refractivity contribution in [1.82, 2.24) is 10.2 Å². The fraction of sp³-hybridized carbons (Fsp3) is 0. The van der Waals surface area contributed by atoms with Crippen molar-refractivity contribution in [1.29, 1.82) is 0 Å². The van der Waals surface area contributed by atoms with Crippen LogP contribution in [0.5, 0.6) is 0 Å². The standard InChI is InChI=1S/C3H4N2O2S.Li/c6-8(7)3-1-2-4-5-3;/h1-2H,(H,4,5)(H,6,7);/q;+1/p-1. The van der Waals surface area contributed by atoms with Crippen LogP contribution in [0.2, 0.25) is 0 Å². The fourth-order valence-corrected chi connectivity index (χ4v) is 0.635. The second-order valence-corrected chi connectivity index (χ2v) is 2.06. The molecule has 1 heterocycles. The molecule has 0 radical (unpaired) electrons. The molecule has 0 aromatic carbocycles. The molecule has 0 amide bonds. The number of rotatable bonds is 1. The summed E-state index contributed by atoms with van der Waals surface area (Å²) in [5, 5.41) is 5.82. The first-order valence-corrected chi connectivity index (χ1v) is 2.97. The van der Waals surface area contributed by atoms with E-state index in [9.17, 15) is 8.76 Å². The first-order valence-electron chi connectivity index (χ1n) is 1.89. The molecule has 0 aliphatic rings. The Morgan fingerprint density at radius 2 is 2.44 bits per heavy atom. The van der Waals surface area contributed by atoms with Gasteiger partial charge in [0.1, 0.15) is 5.03 Å². The Labute approximate surface area is 66.5 Å². The zero-order chi connectivity index (χ0) is 5.98. The zero-order valence-electron chi connectivity index (χ0n) is 4.83. The van der Waals surface area contributed by atoms with Gasteiger partial charge < -0.3 is 4.55 Å². The minimum absolute atomic E-state index is 0. The number of aromatic nitrogens is 2. The monoisotopic (exact) mass is 138 g/mol. The van der Waals surface area contributed by atoms with Gasteiger partial charge in [0.15, 0.2) is 0 Å². The zero-order valence-corrected chi connectivity index (χ0v) is 5.64. The number of hydrogen-bond acceptors (Lipinski definition) is 3. The van der Waals surface area contributed by atoms with E-state index in [0.29, 0.717) is 0 Å².